The lowest BCUT2D eigenvalue weighted by atomic mass is 10.0. The molecule has 1 fully saturated rings. The van der Waals surface area contributed by atoms with E-state index >= 15 is 0 Å². The molecule has 0 bridgehead atoms. The van der Waals surface area contributed by atoms with Crippen LogP contribution in [0.5, 0.6) is 0 Å². The van der Waals surface area contributed by atoms with Crippen molar-refractivity contribution in [2.75, 3.05) is 17.8 Å². The molecule has 8 nitrogen and oxygen atoms in total. The van der Waals surface area contributed by atoms with Gasteiger partial charge in [0.05, 0.1) is 0 Å². The second-order valence-electron chi connectivity index (χ2n) is 8.22. The molecule has 1 aliphatic rings. The van der Waals surface area contributed by atoms with Gasteiger partial charge in [-0.3, -0.25) is 9.52 Å². The van der Waals surface area contributed by atoms with E-state index in [1.807, 2.05) is 17.9 Å². The van der Waals surface area contributed by atoms with E-state index in [0.717, 1.165) is 31.2 Å². The molecule has 1 aromatic carbocycles. The Morgan fingerprint density at radius 3 is 2.32 bits per heavy atom. The number of nitrogens with zero attached hydrogens (tertiary/aromatic N) is 2. The number of aromatic nitrogens is 1. The van der Waals surface area contributed by atoms with E-state index in [9.17, 15) is 13.2 Å². The second-order valence-corrected chi connectivity index (χ2v) is 9.83. The van der Waals surface area contributed by atoms with Crippen LogP contribution < -0.4 is 4.72 Å². The van der Waals surface area contributed by atoms with Crippen molar-refractivity contribution in [1.29, 1.82) is 0 Å². The number of carbonyl (C=O) groups excluding carboxylic acids is 1. The van der Waals surface area contributed by atoms with Crippen LogP contribution in [0, 0.1) is 27.7 Å². The van der Waals surface area contributed by atoms with Crippen molar-refractivity contribution < 1.29 is 22.2 Å². The summed E-state index contributed by atoms with van der Waals surface area (Å²) in [4.78, 5) is 15.0. The molecule has 1 amide bonds. The van der Waals surface area contributed by atoms with Crippen molar-refractivity contribution in [3.8, 4) is 0 Å². The first-order chi connectivity index (χ1) is 14.7. The molecule has 3 heterocycles. The van der Waals surface area contributed by atoms with Crippen LogP contribution in [-0.2, 0) is 10.0 Å². The summed E-state index contributed by atoms with van der Waals surface area (Å²) in [5.41, 5.74) is 2.19. The minimum Gasteiger partial charge on any atom is -0.449 e. The summed E-state index contributed by atoms with van der Waals surface area (Å²) in [6.07, 6.45) is 4.14. The number of hydrogen-bond acceptors (Lipinski definition) is 6. The molecule has 1 N–H and O–H groups in total. The molecular weight excluding hydrogens is 418 g/mol. The van der Waals surface area contributed by atoms with Crippen molar-refractivity contribution in [3.05, 3.63) is 40.3 Å². The monoisotopic (exact) mass is 445 g/mol. The fourth-order valence-corrected chi connectivity index (χ4v) is 5.52. The Bertz CT molecular complexity index is 1250. The second kappa shape index (κ2) is 8.03. The number of rotatable bonds is 4. The number of sulfonamides is 1. The number of benzene rings is 1. The summed E-state index contributed by atoms with van der Waals surface area (Å²) in [5.74, 6) is 0.601. The minimum atomic E-state index is -4.03. The zero-order valence-corrected chi connectivity index (χ0v) is 19.1. The molecule has 4 rings (SSSR count). The van der Waals surface area contributed by atoms with Crippen LogP contribution in [0.1, 0.15) is 58.7 Å². The Kier molecular flexibility index (Phi) is 5.55. The minimum absolute atomic E-state index is 0.0150. The van der Waals surface area contributed by atoms with E-state index < -0.39 is 10.0 Å². The SMILES string of the molecule is Cc1cc(NS(=O)(=O)c2c(C)c(C)cc3c(C)c(C(=O)N4CCCCCC4)oc23)no1. The number of likely N-dealkylation sites (tertiary alicyclic amines) is 1. The standard InChI is InChI=1S/C22H27N3O5S/c1-13-11-17-16(4)19(22(26)25-9-7-5-6-8-10-25)29-20(17)21(15(13)3)31(27,28)24-18-12-14(2)30-23-18/h11-12H,5-10H2,1-4H3,(H,23,24). The maximum Gasteiger partial charge on any atom is 0.289 e. The summed E-state index contributed by atoms with van der Waals surface area (Å²) in [7, 11) is -4.03. The average molecular weight is 446 g/mol. The first-order valence-electron chi connectivity index (χ1n) is 10.5. The van der Waals surface area contributed by atoms with Crippen molar-refractivity contribution in [2.45, 2.75) is 58.3 Å². The zero-order chi connectivity index (χ0) is 22.3. The molecule has 0 saturated carbocycles. The molecule has 0 spiro atoms. The lowest BCUT2D eigenvalue weighted by Crippen LogP contribution is -2.31. The van der Waals surface area contributed by atoms with Gasteiger partial charge in [0.2, 0.25) is 0 Å². The van der Waals surface area contributed by atoms with E-state index in [0.29, 0.717) is 35.4 Å². The van der Waals surface area contributed by atoms with Gasteiger partial charge >= 0.3 is 0 Å². The Hall–Kier alpha value is -2.81. The van der Waals surface area contributed by atoms with Crippen LogP contribution in [0.3, 0.4) is 0 Å². The topological polar surface area (TPSA) is 106 Å². The molecule has 0 aliphatic carbocycles. The highest BCUT2D eigenvalue weighted by Gasteiger charge is 2.30. The maximum absolute atomic E-state index is 13.3. The number of anilines is 1. The van der Waals surface area contributed by atoms with Crippen LogP contribution >= 0.6 is 0 Å². The van der Waals surface area contributed by atoms with Crippen LogP contribution in [0.4, 0.5) is 5.82 Å². The number of amides is 1. The summed E-state index contributed by atoms with van der Waals surface area (Å²) in [6, 6.07) is 3.38. The Balaban J connectivity index is 1.83. The normalized spacial score (nSPS) is 15.3. The van der Waals surface area contributed by atoms with Gasteiger partial charge in [-0.25, -0.2) is 8.42 Å². The molecule has 9 heteroatoms. The Labute approximate surface area is 181 Å². The highest BCUT2D eigenvalue weighted by molar-refractivity contribution is 7.93. The van der Waals surface area contributed by atoms with Gasteiger partial charge in [-0.2, -0.15) is 0 Å². The quantitative estimate of drug-likeness (QED) is 0.635. The summed E-state index contributed by atoms with van der Waals surface area (Å²) < 4.78 is 40.0. The molecule has 1 aliphatic heterocycles. The number of fused-ring (bicyclic) bond motifs is 1. The third-order valence-electron chi connectivity index (χ3n) is 5.92. The lowest BCUT2D eigenvalue weighted by Gasteiger charge is -2.19. The van der Waals surface area contributed by atoms with E-state index in [-0.39, 0.29) is 28.0 Å². The van der Waals surface area contributed by atoms with Crippen molar-refractivity contribution in [1.82, 2.24) is 10.1 Å². The molecular formula is C22H27N3O5S. The lowest BCUT2D eigenvalue weighted by molar-refractivity contribution is 0.0731. The predicted octanol–water partition coefficient (Wildman–Crippen LogP) is 4.47. The molecule has 1 saturated heterocycles. The smallest absolute Gasteiger partial charge is 0.289 e. The zero-order valence-electron chi connectivity index (χ0n) is 18.2. The number of nitrogens with one attached hydrogen (secondary N) is 1. The maximum atomic E-state index is 13.3. The highest BCUT2D eigenvalue weighted by atomic mass is 32.2. The molecule has 166 valence electrons. The van der Waals surface area contributed by atoms with Gasteiger partial charge in [-0.05, 0) is 57.7 Å². The van der Waals surface area contributed by atoms with Crippen LogP contribution in [0.25, 0.3) is 11.0 Å². The van der Waals surface area contributed by atoms with E-state index in [1.54, 1.807) is 20.8 Å². The summed E-state index contributed by atoms with van der Waals surface area (Å²) in [5, 5.41) is 4.35. The fraction of sp³-hybridized carbons (Fsp3) is 0.455. The average Bonchev–Trinajstić information content (AvgIpc) is 3.11. The van der Waals surface area contributed by atoms with Crippen LogP contribution in [-0.4, -0.2) is 37.5 Å². The predicted molar refractivity (Wildman–Crippen MR) is 117 cm³/mol. The Morgan fingerprint density at radius 1 is 1.03 bits per heavy atom. The number of aryl methyl sites for hydroxylation is 3. The first kappa shape index (κ1) is 21.4. The van der Waals surface area contributed by atoms with E-state index in [1.165, 1.54) is 6.07 Å². The molecule has 31 heavy (non-hydrogen) atoms. The molecule has 0 unspecified atom stereocenters. The molecule has 3 aromatic rings. The van der Waals surface area contributed by atoms with Crippen molar-refractivity contribution in [2.24, 2.45) is 0 Å². The highest BCUT2D eigenvalue weighted by Crippen LogP contribution is 2.36. The van der Waals surface area contributed by atoms with Crippen molar-refractivity contribution >= 4 is 32.7 Å². The summed E-state index contributed by atoms with van der Waals surface area (Å²) in [6.45, 7) is 8.42. The summed E-state index contributed by atoms with van der Waals surface area (Å²) >= 11 is 0. The fourth-order valence-electron chi connectivity index (χ4n) is 4.09. The first-order valence-corrected chi connectivity index (χ1v) is 12.0. The molecule has 2 aromatic heterocycles. The van der Waals surface area contributed by atoms with E-state index in [4.69, 9.17) is 8.94 Å². The number of carbonyl (C=O) groups is 1. The number of furan rings is 1. The van der Waals surface area contributed by atoms with Gasteiger partial charge in [-0.1, -0.05) is 18.0 Å². The van der Waals surface area contributed by atoms with E-state index in [2.05, 4.69) is 9.88 Å². The van der Waals surface area contributed by atoms with Crippen LogP contribution in [0.2, 0.25) is 0 Å². The van der Waals surface area contributed by atoms with Gasteiger partial charge in [-0.15, -0.1) is 0 Å². The number of hydrogen-bond donors (Lipinski definition) is 1. The Morgan fingerprint density at radius 2 is 1.71 bits per heavy atom. The van der Waals surface area contributed by atoms with Gasteiger partial charge < -0.3 is 13.8 Å². The van der Waals surface area contributed by atoms with Gasteiger partial charge in [0.15, 0.2) is 17.2 Å². The van der Waals surface area contributed by atoms with Crippen LogP contribution in [0.15, 0.2) is 26.0 Å². The van der Waals surface area contributed by atoms with Crippen molar-refractivity contribution in [3.63, 3.8) is 0 Å². The van der Waals surface area contributed by atoms with Gasteiger partial charge in [0.1, 0.15) is 10.7 Å². The van der Waals surface area contributed by atoms with Gasteiger partial charge in [0.25, 0.3) is 15.9 Å². The molecule has 0 radical (unpaired) electrons. The van der Waals surface area contributed by atoms with Gasteiger partial charge in [0, 0.05) is 30.1 Å². The third-order valence-corrected chi connectivity index (χ3v) is 7.42. The third kappa shape index (κ3) is 3.94. The largest absolute Gasteiger partial charge is 0.449 e. The molecule has 0 atom stereocenters.